The molecule has 1 aliphatic heterocycles. The van der Waals surface area contributed by atoms with Gasteiger partial charge in [-0.15, -0.1) is 0 Å². The second kappa shape index (κ2) is 10.3. The van der Waals surface area contributed by atoms with Gasteiger partial charge in [-0.3, -0.25) is 14.5 Å². The van der Waals surface area contributed by atoms with Crippen LogP contribution in [0.5, 0.6) is 11.6 Å². The average Bonchev–Trinajstić information content (AvgIpc) is 3.38. The number of fused-ring (bicyclic) bond motifs is 1. The summed E-state index contributed by atoms with van der Waals surface area (Å²) < 4.78 is 33.6. The molecule has 4 heterocycles. The van der Waals surface area contributed by atoms with Crippen LogP contribution in [0.15, 0.2) is 49.3 Å². The van der Waals surface area contributed by atoms with Crippen molar-refractivity contribution in [3.63, 3.8) is 0 Å². The van der Waals surface area contributed by atoms with Gasteiger partial charge in [0, 0.05) is 38.1 Å². The van der Waals surface area contributed by atoms with Crippen molar-refractivity contribution in [3.8, 4) is 11.6 Å². The second-order valence-electron chi connectivity index (χ2n) is 9.67. The van der Waals surface area contributed by atoms with Crippen molar-refractivity contribution in [2.24, 2.45) is 0 Å². The number of hydrogen-bond acceptors (Lipinski definition) is 9. The number of carbonyl (C=O) groups is 2. The molecule has 14 heteroatoms. The highest BCUT2D eigenvalue weighted by Crippen LogP contribution is 2.26. The number of carbonyl (C=O) groups excluding carboxylic acids is 2. The van der Waals surface area contributed by atoms with Crippen LogP contribution in [0.1, 0.15) is 31.1 Å². The smallest absolute Gasteiger partial charge is 0.257 e. The topological polar surface area (TPSA) is 131 Å². The number of ether oxygens (including phenoxy) is 1. The molecule has 0 saturated carbocycles. The van der Waals surface area contributed by atoms with Gasteiger partial charge in [-0.1, -0.05) is 0 Å². The van der Waals surface area contributed by atoms with Gasteiger partial charge in [0.2, 0.25) is 11.8 Å². The summed E-state index contributed by atoms with van der Waals surface area (Å²) in [6.07, 6.45) is 6.96. The number of benzene rings is 1. The number of rotatable bonds is 6. The maximum atomic E-state index is 13.8. The lowest BCUT2D eigenvalue weighted by molar-refractivity contribution is -0.122. The Kier molecular flexibility index (Phi) is 6.87. The number of hydrogen-bond donors (Lipinski definition) is 1. The summed E-state index contributed by atoms with van der Waals surface area (Å²) in [5, 5.41) is 6.75. The lowest BCUT2D eigenvalue weighted by Crippen LogP contribution is -2.63. The first kappa shape index (κ1) is 26.0. The van der Waals surface area contributed by atoms with Crippen LogP contribution >= 0.6 is 0 Å². The molecule has 1 N–H and O–H groups in total. The van der Waals surface area contributed by atoms with Crippen molar-refractivity contribution < 1.29 is 23.1 Å². The van der Waals surface area contributed by atoms with Gasteiger partial charge < -0.3 is 15.0 Å². The van der Waals surface area contributed by atoms with E-state index in [4.69, 9.17) is 4.74 Å². The minimum atomic E-state index is -0.874. The third-order valence-corrected chi connectivity index (χ3v) is 6.47. The molecular weight excluding hydrogens is 512 g/mol. The fourth-order valence-electron chi connectivity index (χ4n) is 4.39. The first-order chi connectivity index (χ1) is 18.6. The quantitative estimate of drug-likeness (QED) is 0.394. The van der Waals surface area contributed by atoms with Crippen LogP contribution in [0.3, 0.4) is 0 Å². The van der Waals surface area contributed by atoms with E-state index in [1.165, 1.54) is 29.4 Å². The van der Waals surface area contributed by atoms with Crippen molar-refractivity contribution in [3.05, 3.63) is 66.5 Å². The van der Waals surface area contributed by atoms with Crippen LogP contribution in [-0.2, 0) is 4.79 Å². The Bertz CT molecular complexity index is 1530. The first-order valence-electron chi connectivity index (χ1n) is 12.1. The van der Waals surface area contributed by atoms with E-state index in [2.05, 4.69) is 30.4 Å². The van der Waals surface area contributed by atoms with E-state index in [-0.39, 0.29) is 29.3 Å². The van der Waals surface area contributed by atoms with Gasteiger partial charge in [-0.2, -0.15) is 10.1 Å². The number of halogens is 2. The van der Waals surface area contributed by atoms with Crippen molar-refractivity contribution in [1.29, 1.82) is 0 Å². The lowest BCUT2D eigenvalue weighted by atomic mass is 9.96. The predicted molar refractivity (Wildman–Crippen MR) is 134 cm³/mol. The van der Waals surface area contributed by atoms with Gasteiger partial charge in [0.15, 0.2) is 17.4 Å². The SMILES string of the molecule is C[C@@H](C(=O)Nc1cnc(Oc2ccc(F)cc2F)cn1)N1CCN(C(=O)c2cnc3ncnn3c2)C(C)(C)C1. The number of anilines is 1. The number of nitrogens with one attached hydrogen (secondary N) is 1. The van der Waals surface area contributed by atoms with E-state index in [9.17, 15) is 18.4 Å². The summed E-state index contributed by atoms with van der Waals surface area (Å²) in [7, 11) is 0. The number of nitrogens with zero attached hydrogens (tertiary/aromatic N) is 8. The van der Waals surface area contributed by atoms with Gasteiger partial charge >= 0.3 is 0 Å². The maximum absolute atomic E-state index is 13.8. The molecule has 1 aliphatic rings. The van der Waals surface area contributed by atoms with E-state index in [0.717, 1.165) is 12.1 Å². The molecule has 4 aromatic rings. The molecule has 0 spiro atoms. The third-order valence-electron chi connectivity index (χ3n) is 6.47. The van der Waals surface area contributed by atoms with Crippen molar-refractivity contribution in [2.75, 3.05) is 25.0 Å². The van der Waals surface area contributed by atoms with E-state index in [1.807, 2.05) is 18.7 Å². The predicted octanol–water partition coefficient (Wildman–Crippen LogP) is 2.55. The molecule has 202 valence electrons. The Morgan fingerprint density at radius 3 is 2.62 bits per heavy atom. The highest BCUT2D eigenvalue weighted by Gasteiger charge is 2.40. The molecule has 2 amide bonds. The largest absolute Gasteiger partial charge is 0.434 e. The van der Waals surface area contributed by atoms with Crippen molar-refractivity contribution in [1.82, 2.24) is 39.3 Å². The summed E-state index contributed by atoms with van der Waals surface area (Å²) in [4.78, 5) is 46.3. The van der Waals surface area contributed by atoms with E-state index in [0.29, 0.717) is 37.0 Å². The molecule has 0 aliphatic carbocycles. The summed E-state index contributed by atoms with van der Waals surface area (Å²) >= 11 is 0. The Morgan fingerprint density at radius 1 is 1.08 bits per heavy atom. The summed E-state index contributed by atoms with van der Waals surface area (Å²) in [5.74, 6) is -1.72. The average molecular weight is 538 g/mol. The van der Waals surface area contributed by atoms with Crippen molar-refractivity contribution in [2.45, 2.75) is 32.4 Å². The molecule has 0 radical (unpaired) electrons. The van der Waals surface area contributed by atoms with Gasteiger partial charge in [-0.05, 0) is 32.9 Å². The molecule has 0 unspecified atom stereocenters. The second-order valence-corrected chi connectivity index (χ2v) is 9.67. The molecule has 3 aromatic heterocycles. The van der Waals surface area contributed by atoms with Crippen LogP contribution in [0.25, 0.3) is 5.78 Å². The molecule has 0 bridgehead atoms. The Hall–Kier alpha value is -4.59. The molecular formula is C25H25F2N9O3. The maximum Gasteiger partial charge on any atom is 0.257 e. The molecule has 1 fully saturated rings. The third kappa shape index (κ3) is 5.50. The molecule has 39 heavy (non-hydrogen) atoms. The summed E-state index contributed by atoms with van der Waals surface area (Å²) in [5.41, 5.74) is -0.177. The van der Waals surface area contributed by atoms with E-state index < -0.39 is 23.2 Å². The number of piperazine rings is 1. The Labute approximate surface area is 221 Å². The highest BCUT2D eigenvalue weighted by molar-refractivity contribution is 5.95. The minimum Gasteiger partial charge on any atom is -0.434 e. The summed E-state index contributed by atoms with van der Waals surface area (Å²) in [6.45, 7) is 6.99. The normalized spacial score (nSPS) is 16.2. The number of amides is 2. The molecule has 1 atom stereocenters. The van der Waals surface area contributed by atoms with E-state index in [1.54, 1.807) is 18.0 Å². The van der Waals surface area contributed by atoms with Gasteiger partial charge in [0.25, 0.3) is 11.7 Å². The van der Waals surface area contributed by atoms with Crippen molar-refractivity contribution >= 4 is 23.4 Å². The lowest BCUT2D eigenvalue weighted by Gasteiger charge is -2.48. The zero-order valence-corrected chi connectivity index (χ0v) is 21.4. The van der Waals surface area contributed by atoms with Crippen LogP contribution in [-0.4, -0.2) is 82.4 Å². The molecule has 1 saturated heterocycles. The minimum absolute atomic E-state index is 0.0211. The fourth-order valence-corrected chi connectivity index (χ4v) is 4.39. The standard InChI is InChI=1S/C25H25F2N9O3/c1-15(22(37)33-20-10-29-21(11-28-20)39-19-5-4-17(26)8-18(19)27)34-6-7-35(25(2,3)13-34)23(38)16-9-30-24-31-14-32-36(24)12-16/h4-5,8-12,14-15H,6-7,13H2,1-3H3,(H,28,33,37)/t15-/m0/s1. The Balaban J connectivity index is 1.19. The molecule has 12 nitrogen and oxygen atoms in total. The number of aromatic nitrogens is 6. The zero-order valence-electron chi connectivity index (χ0n) is 21.4. The van der Waals surface area contributed by atoms with Gasteiger partial charge in [0.05, 0.1) is 29.5 Å². The Morgan fingerprint density at radius 2 is 1.90 bits per heavy atom. The van der Waals surface area contributed by atoms with Crippen LogP contribution in [0.2, 0.25) is 0 Å². The monoisotopic (exact) mass is 537 g/mol. The van der Waals surface area contributed by atoms with Crippen LogP contribution in [0.4, 0.5) is 14.6 Å². The molecule has 1 aromatic carbocycles. The van der Waals surface area contributed by atoms with Gasteiger partial charge in [0.1, 0.15) is 12.1 Å². The van der Waals surface area contributed by atoms with Crippen LogP contribution in [0, 0.1) is 11.6 Å². The summed E-state index contributed by atoms with van der Waals surface area (Å²) in [6, 6.07) is 2.38. The zero-order chi connectivity index (χ0) is 27.7. The highest BCUT2D eigenvalue weighted by atomic mass is 19.1. The molecule has 5 rings (SSSR count). The first-order valence-corrected chi connectivity index (χ1v) is 12.1. The van der Waals surface area contributed by atoms with Gasteiger partial charge in [-0.25, -0.2) is 28.2 Å². The fraction of sp³-hybridized carbons (Fsp3) is 0.320. The van der Waals surface area contributed by atoms with E-state index >= 15 is 0 Å². The van der Waals surface area contributed by atoms with Crippen LogP contribution < -0.4 is 10.1 Å².